The highest BCUT2D eigenvalue weighted by Crippen LogP contribution is 2.38. The van der Waals surface area contributed by atoms with Crippen molar-refractivity contribution in [2.75, 3.05) is 20.8 Å². The summed E-state index contributed by atoms with van der Waals surface area (Å²) in [6, 6.07) is 7.19. The van der Waals surface area contributed by atoms with E-state index in [9.17, 15) is 0 Å². The zero-order valence-corrected chi connectivity index (χ0v) is 16.7. The van der Waals surface area contributed by atoms with Gasteiger partial charge in [0.15, 0.2) is 0 Å². The maximum Gasteiger partial charge on any atom is 0.141 e. The van der Waals surface area contributed by atoms with E-state index in [2.05, 4.69) is 4.98 Å². The highest BCUT2D eigenvalue weighted by atomic mass is 35.5. The van der Waals surface area contributed by atoms with Gasteiger partial charge in [0.2, 0.25) is 0 Å². The second kappa shape index (κ2) is 9.30. The number of imidazole rings is 1. The lowest BCUT2D eigenvalue weighted by molar-refractivity contribution is 0.395. The zero-order chi connectivity index (χ0) is 17.3. The zero-order valence-electron chi connectivity index (χ0n) is 14.3. The van der Waals surface area contributed by atoms with Crippen LogP contribution in [0, 0.1) is 0 Å². The van der Waals surface area contributed by atoms with E-state index in [4.69, 9.17) is 32.5 Å². The normalized spacial score (nSPS) is 11.4. The topological polar surface area (TPSA) is 87.8 Å². The quantitative estimate of drug-likeness (QED) is 0.661. The van der Waals surface area contributed by atoms with Crippen LogP contribution in [0.1, 0.15) is 11.6 Å². The first-order chi connectivity index (χ1) is 11.6. The van der Waals surface area contributed by atoms with Crippen molar-refractivity contribution in [2.24, 2.45) is 11.5 Å². The Labute approximate surface area is 169 Å². The SMILES string of the molecule is COc1cc(OC)c(-c2cn3ccc(C(N)CN)cc3n2)cc1Cl.Cl.Cl. The molecule has 0 radical (unpaired) electrons. The van der Waals surface area contributed by atoms with Crippen LogP contribution < -0.4 is 20.9 Å². The molecule has 4 N–H and O–H groups in total. The van der Waals surface area contributed by atoms with Crippen LogP contribution >= 0.6 is 36.4 Å². The summed E-state index contributed by atoms with van der Waals surface area (Å²) >= 11 is 6.25. The summed E-state index contributed by atoms with van der Waals surface area (Å²) in [5.41, 5.74) is 14.9. The smallest absolute Gasteiger partial charge is 0.141 e. The number of nitrogens with zero attached hydrogens (tertiary/aromatic N) is 2. The van der Waals surface area contributed by atoms with Crippen LogP contribution in [0.15, 0.2) is 36.7 Å². The first kappa shape index (κ1) is 22.3. The number of hydrogen-bond acceptors (Lipinski definition) is 5. The Morgan fingerprint density at radius 1 is 1.15 bits per heavy atom. The third-order valence-electron chi connectivity index (χ3n) is 3.92. The van der Waals surface area contributed by atoms with Crippen LogP contribution in [0.25, 0.3) is 16.9 Å². The molecule has 26 heavy (non-hydrogen) atoms. The number of aromatic nitrogens is 2. The van der Waals surface area contributed by atoms with Crippen molar-refractivity contribution in [3.8, 4) is 22.8 Å². The summed E-state index contributed by atoms with van der Waals surface area (Å²) < 4.78 is 12.6. The minimum absolute atomic E-state index is 0. The van der Waals surface area contributed by atoms with Gasteiger partial charge in [-0.15, -0.1) is 24.8 Å². The van der Waals surface area contributed by atoms with Gasteiger partial charge in [-0.2, -0.15) is 0 Å². The minimum atomic E-state index is -0.208. The molecule has 6 nitrogen and oxygen atoms in total. The number of fused-ring (bicyclic) bond motifs is 1. The molecule has 1 atom stereocenters. The van der Waals surface area contributed by atoms with Crippen LogP contribution in [0.4, 0.5) is 0 Å². The summed E-state index contributed by atoms with van der Waals surface area (Å²) in [5.74, 6) is 1.19. The summed E-state index contributed by atoms with van der Waals surface area (Å²) in [6.07, 6.45) is 3.82. The van der Waals surface area contributed by atoms with Gasteiger partial charge in [0, 0.05) is 36.6 Å². The Bertz CT molecular complexity index is 886. The predicted octanol–water partition coefficient (Wildman–Crippen LogP) is 3.47. The van der Waals surface area contributed by atoms with Crippen molar-refractivity contribution in [2.45, 2.75) is 6.04 Å². The molecule has 0 saturated carbocycles. The lowest BCUT2D eigenvalue weighted by Gasteiger charge is -2.10. The van der Waals surface area contributed by atoms with Crippen molar-refractivity contribution in [1.29, 1.82) is 0 Å². The summed E-state index contributed by atoms with van der Waals surface area (Å²) in [4.78, 5) is 4.65. The van der Waals surface area contributed by atoms with Gasteiger partial charge in [0.05, 0.1) is 24.9 Å². The Balaban J connectivity index is 0.00000169. The van der Waals surface area contributed by atoms with Crippen LogP contribution in [-0.2, 0) is 0 Å². The molecule has 1 unspecified atom stereocenters. The van der Waals surface area contributed by atoms with Crippen molar-refractivity contribution in [1.82, 2.24) is 9.38 Å². The van der Waals surface area contributed by atoms with E-state index in [1.54, 1.807) is 26.4 Å². The number of pyridine rings is 1. The molecule has 0 fully saturated rings. The van der Waals surface area contributed by atoms with Gasteiger partial charge in [0.1, 0.15) is 17.1 Å². The van der Waals surface area contributed by atoms with Crippen LogP contribution in [-0.4, -0.2) is 30.1 Å². The molecule has 142 valence electrons. The van der Waals surface area contributed by atoms with Crippen LogP contribution in [0.2, 0.25) is 5.02 Å². The van der Waals surface area contributed by atoms with Crippen molar-refractivity contribution in [3.63, 3.8) is 0 Å². The fourth-order valence-corrected chi connectivity index (χ4v) is 2.80. The Morgan fingerprint density at radius 3 is 2.46 bits per heavy atom. The van der Waals surface area contributed by atoms with Gasteiger partial charge in [-0.3, -0.25) is 0 Å². The van der Waals surface area contributed by atoms with E-state index < -0.39 is 0 Å². The fraction of sp³-hybridized carbons (Fsp3) is 0.235. The number of benzene rings is 1. The summed E-state index contributed by atoms with van der Waals surface area (Å²) in [7, 11) is 3.16. The average Bonchev–Trinajstić information content (AvgIpc) is 3.03. The number of hydrogen-bond donors (Lipinski definition) is 2. The van der Waals surface area contributed by atoms with Gasteiger partial charge in [-0.1, -0.05) is 11.6 Å². The van der Waals surface area contributed by atoms with Gasteiger partial charge in [-0.25, -0.2) is 4.98 Å². The molecular weight excluding hydrogens is 399 g/mol. The third-order valence-corrected chi connectivity index (χ3v) is 4.21. The number of halogens is 3. The van der Waals surface area contributed by atoms with E-state index in [1.807, 2.05) is 28.9 Å². The molecule has 0 saturated heterocycles. The molecule has 0 aliphatic rings. The van der Waals surface area contributed by atoms with Gasteiger partial charge in [-0.05, 0) is 23.8 Å². The second-order valence-electron chi connectivity index (χ2n) is 5.38. The number of methoxy groups -OCH3 is 2. The molecule has 3 rings (SSSR count). The highest BCUT2D eigenvalue weighted by Gasteiger charge is 2.15. The van der Waals surface area contributed by atoms with E-state index in [0.717, 1.165) is 22.5 Å². The summed E-state index contributed by atoms with van der Waals surface area (Å²) in [6.45, 7) is 0.381. The molecule has 0 aliphatic heterocycles. The Morgan fingerprint density at radius 2 is 1.85 bits per heavy atom. The van der Waals surface area contributed by atoms with Crippen LogP contribution in [0.5, 0.6) is 11.5 Å². The molecular formula is C17H21Cl3N4O2. The minimum Gasteiger partial charge on any atom is -0.496 e. The lowest BCUT2D eigenvalue weighted by Crippen LogP contribution is -2.20. The molecule has 1 aromatic carbocycles. The Kier molecular flexibility index (Phi) is 7.99. The van der Waals surface area contributed by atoms with E-state index in [-0.39, 0.29) is 30.9 Å². The third kappa shape index (κ3) is 4.16. The molecule has 2 heterocycles. The first-order valence-electron chi connectivity index (χ1n) is 7.43. The first-order valence-corrected chi connectivity index (χ1v) is 7.81. The highest BCUT2D eigenvalue weighted by molar-refractivity contribution is 6.32. The predicted molar refractivity (Wildman–Crippen MR) is 109 cm³/mol. The molecule has 0 amide bonds. The van der Waals surface area contributed by atoms with Crippen molar-refractivity contribution < 1.29 is 9.47 Å². The van der Waals surface area contributed by atoms with E-state index >= 15 is 0 Å². The average molecular weight is 420 g/mol. The second-order valence-corrected chi connectivity index (χ2v) is 5.79. The standard InChI is InChI=1S/C17H19ClN4O2.2ClH/c1-23-15-7-16(24-2)12(18)6-11(15)14-9-22-4-3-10(13(20)8-19)5-17(22)21-14;;/h3-7,9,13H,8,19-20H2,1-2H3;2*1H. The molecule has 9 heteroatoms. The van der Waals surface area contributed by atoms with Crippen molar-refractivity contribution >= 4 is 42.1 Å². The molecule has 0 spiro atoms. The van der Waals surface area contributed by atoms with E-state index in [0.29, 0.717) is 23.1 Å². The van der Waals surface area contributed by atoms with Crippen LogP contribution in [0.3, 0.4) is 0 Å². The van der Waals surface area contributed by atoms with Gasteiger partial charge < -0.3 is 25.3 Å². The molecule has 3 aromatic rings. The number of nitrogens with two attached hydrogens (primary N) is 2. The lowest BCUT2D eigenvalue weighted by atomic mass is 10.1. The van der Waals surface area contributed by atoms with E-state index in [1.165, 1.54) is 0 Å². The monoisotopic (exact) mass is 418 g/mol. The number of ether oxygens (including phenoxy) is 2. The largest absolute Gasteiger partial charge is 0.496 e. The molecule has 2 aromatic heterocycles. The van der Waals surface area contributed by atoms with Crippen molar-refractivity contribution in [3.05, 3.63) is 47.2 Å². The number of rotatable bonds is 5. The molecule has 0 aliphatic carbocycles. The van der Waals surface area contributed by atoms with Gasteiger partial charge in [0.25, 0.3) is 0 Å². The maximum absolute atomic E-state index is 6.25. The maximum atomic E-state index is 6.25. The van der Waals surface area contributed by atoms with Gasteiger partial charge >= 0.3 is 0 Å². The summed E-state index contributed by atoms with van der Waals surface area (Å²) in [5, 5.41) is 0.496. The fourth-order valence-electron chi connectivity index (χ4n) is 2.55. The Hall–Kier alpha value is -1.70. The molecule has 0 bridgehead atoms.